The molecule has 2 heteroatoms. The van der Waals surface area contributed by atoms with Gasteiger partial charge in [-0.15, -0.1) is 0 Å². The highest BCUT2D eigenvalue weighted by molar-refractivity contribution is 5.74. The lowest BCUT2D eigenvalue weighted by molar-refractivity contribution is -0.141. The van der Waals surface area contributed by atoms with E-state index in [0.29, 0.717) is 6.61 Å². The number of esters is 1. The second-order valence-corrected chi connectivity index (χ2v) is 10.1. The zero-order valence-corrected chi connectivity index (χ0v) is 15.9. The van der Waals surface area contributed by atoms with Crippen molar-refractivity contribution in [2.45, 2.75) is 72.1 Å². The molecular formula is C22H36O2. The highest BCUT2D eigenvalue weighted by atomic mass is 16.5. The summed E-state index contributed by atoms with van der Waals surface area (Å²) in [5.41, 5.74) is 0. The second kappa shape index (κ2) is 6.65. The number of rotatable bonds is 3. The van der Waals surface area contributed by atoms with Gasteiger partial charge in [-0.05, 0) is 98.7 Å². The van der Waals surface area contributed by atoms with E-state index < -0.39 is 0 Å². The Bertz CT molecular complexity index is 468. The average molecular weight is 333 g/mol. The first-order valence-electron chi connectivity index (χ1n) is 10.7. The molecular weight excluding hydrogens is 296 g/mol. The Morgan fingerprint density at radius 1 is 0.917 bits per heavy atom. The van der Waals surface area contributed by atoms with Gasteiger partial charge in [-0.3, -0.25) is 4.79 Å². The van der Waals surface area contributed by atoms with Gasteiger partial charge in [0.1, 0.15) is 0 Å². The average Bonchev–Trinajstić information content (AvgIpc) is 3.30. The number of fused-ring (bicyclic) bond motifs is 9. The van der Waals surface area contributed by atoms with E-state index in [9.17, 15) is 4.79 Å². The van der Waals surface area contributed by atoms with E-state index in [1.54, 1.807) is 19.3 Å². The van der Waals surface area contributed by atoms with Gasteiger partial charge in [0.2, 0.25) is 0 Å². The molecule has 0 amide bonds. The molecule has 5 fully saturated rings. The van der Waals surface area contributed by atoms with Crippen molar-refractivity contribution in [1.29, 1.82) is 0 Å². The van der Waals surface area contributed by atoms with Crippen LogP contribution in [0.3, 0.4) is 0 Å². The topological polar surface area (TPSA) is 26.3 Å². The van der Waals surface area contributed by atoms with Crippen LogP contribution in [0, 0.1) is 53.3 Å². The Kier molecular flexibility index (Phi) is 4.69. The van der Waals surface area contributed by atoms with Gasteiger partial charge < -0.3 is 4.74 Å². The first kappa shape index (κ1) is 16.9. The normalized spacial score (nSPS) is 47.8. The summed E-state index contributed by atoms with van der Waals surface area (Å²) in [6.07, 6.45) is 11.1. The van der Waals surface area contributed by atoms with Gasteiger partial charge in [0, 0.05) is 0 Å². The molecule has 5 aliphatic rings. The van der Waals surface area contributed by atoms with Crippen LogP contribution in [0.25, 0.3) is 0 Å². The summed E-state index contributed by atoms with van der Waals surface area (Å²) >= 11 is 0. The van der Waals surface area contributed by atoms with Crippen molar-refractivity contribution in [3.05, 3.63) is 0 Å². The molecule has 1 saturated heterocycles. The van der Waals surface area contributed by atoms with Gasteiger partial charge in [-0.2, -0.15) is 0 Å². The lowest BCUT2D eigenvalue weighted by atomic mass is 9.66. The molecule has 136 valence electrons. The fourth-order valence-corrected chi connectivity index (χ4v) is 7.25. The Hall–Kier alpha value is -0.530. The quantitative estimate of drug-likeness (QED) is 0.517. The van der Waals surface area contributed by atoms with Gasteiger partial charge in [0.25, 0.3) is 0 Å². The van der Waals surface area contributed by atoms with E-state index >= 15 is 0 Å². The standard InChI is InChI=1S/C18H26O2.C4H10/c19-18-10(5-6-20-18)1-2-11-7-14-9-15(11)17-13-4-3-12(8-13)16(14)17;1-4(2)3/h10-17H,1-9H2;4H,1-3H3. The Morgan fingerprint density at radius 2 is 1.62 bits per heavy atom. The minimum absolute atomic E-state index is 0.0888. The van der Waals surface area contributed by atoms with Crippen molar-refractivity contribution in [1.82, 2.24) is 0 Å². The summed E-state index contributed by atoms with van der Waals surface area (Å²) < 4.78 is 5.11. The van der Waals surface area contributed by atoms with Crippen LogP contribution in [-0.2, 0) is 9.53 Å². The SMILES string of the molecule is CC(C)C.O=C1OCCC1CCC1CC2CC1C1C3CCC(C3)C21. The third kappa shape index (κ3) is 2.92. The molecule has 2 nitrogen and oxygen atoms in total. The van der Waals surface area contributed by atoms with Crippen molar-refractivity contribution >= 4 is 5.97 Å². The van der Waals surface area contributed by atoms with Gasteiger partial charge in [-0.25, -0.2) is 0 Å². The number of ether oxygens (including phenoxy) is 1. The van der Waals surface area contributed by atoms with E-state index in [1.165, 1.54) is 19.3 Å². The van der Waals surface area contributed by atoms with Crippen LogP contribution in [0.15, 0.2) is 0 Å². The predicted molar refractivity (Wildman–Crippen MR) is 96.3 cm³/mol. The minimum Gasteiger partial charge on any atom is -0.465 e. The number of carbonyl (C=O) groups is 1. The fraction of sp³-hybridized carbons (Fsp3) is 0.955. The fourth-order valence-electron chi connectivity index (χ4n) is 7.25. The van der Waals surface area contributed by atoms with Gasteiger partial charge in [0.15, 0.2) is 0 Å². The molecule has 0 aromatic heterocycles. The zero-order chi connectivity index (χ0) is 16.8. The van der Waals surface area contributed by atoms with Crippen molar-refractivity contribution < 1.29 is 9.53 Å². The predicted octanol–water partition coefficient (Wildman–Crippen LogP) is 5.31. The third-order valence-corrected chi connectivity index (χ3v) is 7.80. The summed E-state index contributed by atoms with van der Waals surface area (Å²) in [5, 5.41) is 0. The van der Waals surface area contributed by atoms with E-state index in [-0.39, 0.29) is 11.9 Å². The lowest BCUT2D eigenvalue weighted by Crippen LogP contribution is -2.32. The number of hydrogen-bond donors (Lipinski definition) is 0. The summed E-state index contributed by atoms with van der Waals surface area (Å²) in [5.74, 6) is 8.67. The smallest absolute Gasteiger partial charge is 0.309 e. The molecule has 8 atom stereocenters. The van der Waals surface area contributed by atoms with Crippen LogP contribution in [-0.4, -0.2) is 12.6 Å². The van der Waals surface area contributed by atoms with Crippen LogP contribution in [0.1, 0.15) is 72.1 Å². The van der Waals surface area contributed by atoms with E-state index in [1.807, 2.05) is 0 Å². The van der Waals surface area contributed by atoms with Crippen molar-refractivity contribution in [2.24, 2.45) is 53.3 Å². The monoisotopic (exact) mass is 332 g/mol. The summed E-state index contributed by atoms with van der Waals surface area (Å²) in [6, 6.07) is 0. The molecule has 0 spiro atoms. The molecule has 0 aromatic rings. The largest absolute Gasteiger partial charge is 0.465 e. The van der Waals surface area contributed by atoms with Crippen LogP contribution >= 0.6 is 0 Å². The molecule has 4 aliphatic carbocycles. The van der Waals surface area contributed by atoms with E-state index in [0.717, 1.165) is 60.2 Å². The van der Waals surface area contributed by atoms with E-state index in [2.05, 4.69) is 20.8 Å². The summed E-state index contributed by atoms with van der Waals surface area (Å²) in [4.78, 5) is 11.6. The van der Waals surface area contributed by atoms with Crippen molar-refractivity contribution in [2.75, 3.05) is 6.61 Å². The number of hydrogen-bond acceptors (Lipinski definition) is 2. The van der Waals surface area contributed by atoms with Crippen LogP contribution in [0.5, 0.6) is 0 Å². The molecule has 4 bridgehead atoms. The molecule has 0 radical (unpaired) electrons. The first-order valence-corrected chi connectivity index (χ1v) is 10.7. The minimum atomic E-state index is 0.0888. The van der Waals surface area contributed by atoms with Crippen molar-refractivity contribution in [3.8, 4) is 0 Å². The highest BCUT2D eigenvalue weighted by Crippen LogP contribution is 2.69. The first-order chi connectivity index (χ1) is 11.5. The molecule has 24 heavy (non-hydrogen) atoms. The number of carbonyl (C=O) groups excluding carboxylic acids is 1. The molecule has 1 aliphatic heterocycles. The molecule has 8 unspecified atom stereocenters. The molecule has 4 saturated carbocycles. The lowest BCUT2D eigenvalue weighted by Gasteiger charge is -2.39. The Labute approximate surface area is 148 Å². The zero-order valence-electron chi connectivity index (χ0n) is 15.9. The molecule has 0 aromatic carbocycles. The van der Waals surface area contributed by atoms with Crippen LogP contribution in [0.2, 0.25) is 0 Å². The maximum Gasteiger partial charge on any atom is 0.309 e. The molecule has 5 rings (SSSR count). The van der Waals surface area contributed by atoms with Gasteiger partial charge in [-0.1, -0.05) is 20.8 Å². The summed E-state index contributed by atoms with van der Waals surface area (Å²) in [7, 11) is 0. The Balaban J connectivity index is 0.000000332. The van der Waals surface area contributed by atoms with Crippen LogP contribution < -0.4 is 0 Å². The molecule has 0 N–H and O–H groups in total. The van der Waals surface area contributed by atoms with Gasteiger partial charge >= 0.3 is 5.97 Å². The van der Waals surface area contributed by atoms with E-state index in [4.69, 9.17) is 4.74 Å². The maximum absolute atomic E-state index is 11.6. The number of cyclic esters (lactones) is 1. The van der Waals surface area contributed by atoms with Crippen LogP contribution in [0.4, 0.5) is 0 Å². The highest BCUT2D eigenvalue weighted by Gasteiger charge is 2.61. The third-order valence-electron chi connectivity index (χ3n) is 7.80. The van der Waals surface area contributed by atoms with Gasteiger partial charge in [0.05, 0.1) is 12.5 Å². The molecule has 1 heterocycles. The van der Waals surface area contributed by atoms with Crippen molar-refractivity contribution in [3.63, 3.8) is 0 Å². The maximum atomic E-state index is 11.6. The summed E-state index contributed by atoms with van der Waals surface area (Å²) in [6.45, 7) is 7.18. The Morgan fingerprint density at radius 3 is 2.29 bits per heavy atom. The second-order valence-electron chi connectivity index (χ2n) is 10.1.